The minimum atomic E-state index is -1.06. The first-order chi connectivity index (χ1) is 22.1. The standard InChI is InChI=1S/C33H30ClN3O8S/c1-41-21-12-6-17(14-23(21)43-3)15-25-31(39)37-29(35)27(33(40)45-5)26(18-7-13-22(42-2)24(16-18)44-4)28(32(37)46-25)30(38)36-20-10-8-19(34)9-11-20/h6-16,26H,35H2,1-5H3,(H,36,38)/b25-15+. The SMILES string of the molecule is COC(=O)C1=C(N)n2c(s/c(=C/c3ccc(OC)c(OC)c3)c2=O)=C(C(=O)Nc2ccc(Cl)cc2)C1c1ccc(OC)c(OC)c1. The molecule has 3 N–H and O–H groups in total. The van der Waals surface area contributed by atoms with Crippen LogP contribution in [0.15, 0.2) is 71.0 Å². The minimum Gasteiger partial charge on any atom is -0.493 e. The molecular weight excluding hydrogens is 634 g/mol. The third-order valence-electron chi connectivity index (χ3n) is 7.35. The molecule has 0 bridgehead atoms. The summed E-state index contributed by atoms with van der Waals surface area (Å²) in [6, 6.07) is 16.7. The summed E-state index contributed by atoms with van der Waals surface area (Å²) in [6.07, 6.45) is 1.64. The summed E-state index contributed by atoms with van der Waals surface area (Å²) in [5.74, 6) is -0.851. The highest BCUT2D eigenvalue weighted by Gasteiger charge is 2.39. The van der Waals surface area contributed by atoms with Crippen LogP contribution in [-0.2, 0) is 14.3 Å². The average Bonchev–Trinajstić information content (AvgIpc) is 3.39. The van der Waals surface area contributed by atoms with Gasteiger partial charge in [-0.05, 0) is 65.7 Å². The number of nitrogens with zero attached hydrogens (tertiary/aromatic N) is 1. The van der Waals surface area contributed by atoms with Gasteiger partial charge in [-0.1, -0.05) is 23.7 Å². The van der Waals surface area contributed by atoms with Crippen molar-refractivity contribution in [1.29, 1.82) is 0 Å². The van der Waals surface area contributed by atoms with Crippen molar-refractivity contribution in [3.8, 4) is 23.0 Å². The molecule has 0 aliphatic carbocycles. The van der Waals surface area contributed by atoms with E-state index in [1.54, 1.807) is 66.7 Å². The maximum Gasteiger partial charge on any atom is 0.338 e. The van der Waals surface area contributed by atoms with Crippen LogP contribution >= 0.6 is 22.9 Å². The van der Waals surface area contributed by atoms with Crippen molar-refractivity contribution in [3.63, 3.8) is 0 Å². The van der Waals surface area contributed by atoms with E-state index in [0.29, 0.717) is 44.8 Å². The number of aromatic nitrogens is 1. The Labute approximate surface area is 272 Å². The summed E-state index contributed by atoms with van der Waals surface area (Å²) in [6.45, 7) is 0. The number of thiazole rings is 1. The largest absolute Gasteiger partial charge is 0.493 e. The zero-order chi connectivity index (χ0) is 33.1. The van der Waals surface area contributed by atoms with Gasteiger partial charge in [-0.15, -0.1) is 11.3 Å². The van der Waals surface area contributed by atoms with Crippen LogP contribution in [0, 0.1) is 0 Å². The quantitative estimate of drug-likeness (QED) is 0.258. The normalized spacial score (nSPS) is 14.4. The predicted molar refractivity (Wildman–Crippen MR) is 176 cm³/mol. The fraction of sp³-hybridized carbons (Fsp3) is 0.182. The number of anilines is 1. The number of nitrogens with two attached hydrogens (primary N) is 1. The van der Waals surface area contributed by atoms with Gasteiger partial charge in [0.2, 0.25) is 0 Å². The number of carbonyl (C=O) groups is 2. The molecule has 2 heterocycles. The summed E-state index contributed by atoms with van der Waals surface area (Å²) in [5.41, 5.74) is 7.63. The molecule has 1 aromatic heterocycles. The van der Waals surface area contributed by atoms with Crippen molar-refractivity contribution >= 4 is 58.0 Å². The van der Waals surface area contributed by atoms with Crippen molar-refractivity contribution in [2.75, 3.05) is 40.9 Å². The van der Waals surface area contributed by atoms with Crippen LogP contribution in [0.25, 0.3) is 17.5 Å². The lowest BCUT2D eigenvalue weighted by Crippen LogP contribution is -2.42. The van der Waals surface area contributed by atoms with Crippen molar-refractivity contribution in [2.45, 2.75) is 5.92 Å². The monoisotopic (exact) mass is 663 g/mol. The molecule has 0 radical (unpaired) electrons. The lowest BCUT2D eigenvalue weighted by molar-refractivity contribution is -0.136. The van der Waals surface area contributed by atoms with E-state index in [9.17, 15) is 14.4 Å². The molecular formula is C33H30ClN3O8S. The molecule has 0 saturated carbocycles. The van der Waals surface area contributed by atoms with Gasteiger partial charge < -0.3 is 34.7 Å². The summed E-state index contributed by atoms with van der Waals surface area (Å²) in [4.78, 5) is 41.7. The van der Waals surface area contributed by atoms with E-state index in [0.717, 1.165) is 15.9 Å². The first kappa shape index (κ1) is 32.2. The lowest BCUT2D eigenvalue weighted by Gasteiger charge is -2.27. The fourth-order valence-corrected chi connectivity index (χ4v) is 6.47. The molecule has 1 aliphatic heterocycles. The van der Waals surface area contributed by atoms with E-state index in [-0.39, 0.29) is 26.2 Å². The van der Waals surface area contributed by atoms with Crippen LogP contribution < -0.4 is 44.8 Å². The van der Waals surface area contributed by atoms with Gasteiger partial charge in [0, 0.05) is 10.7 Å². The predicted octanol–water partition coefficient (Wildman–Crippen LogP) is 3.31. The Morgan fingerprint density at radius 1 is 0.848 bits per heavy atom. The van der Waals surface area contributed by atoms with Gasteiger partial charge in [-0.2, -0.15) is 0 Å². The molecule has 1 aliphatic rings. The zero-order valence-corrected chi connectivity index (χ0v) is 27.1. The number of esters is 1. The van der Waals surface area contributed by atoms with E-state index in [1.807, 2.05) is 0 Å². The van der Waals surface area contributed by atoms with E-state index in [4.69, 9.17) is 41.0 Å². The number of nitrogens with one attached hydrogen (secondary N) is 1. The van der Waals surface area contributed by atoms with Crippen LogP contribution in [0.2, 0.25) is 5.02 Å². The molecule has 46 heavy (non-hydrogen) atoms. The Hall–Kier alpha value is -5.20. The number of fused-ring (bicyclic) bond motifs is 1. The number of rotatable bonds is 9. The van der Waals surface area contributed by atoms with Gasteiger partial charge >= 0.3 is 5.97 Å². The highest BCUT2D eigenvalue weighted by atomic mass is 35.5. The number of methoxy groups -OCH3 is 5. The number of hydrogen-bond acceptors (Lipinski definition) is 10. The summed E-state index contributed by atoms with van der Waals surface area (Å²) in [7, 11) is 7.20. The van der Waals surface area contributed by atoms with Crippen LogP contribution in [-0.4, -0.2) is 52.0 Å². The molecule has 1 amide bonds. The van der Waals surface area contributed by atoms with Crippen molar-refractivity contribution in [2.24, 2.45) is 5.73 Å². The summed E-state index contributed by atoms with van der Waals surface area (Å²) >= 11 is 7.12. The molecule has 0 saturated heterocycles. The average molecular weight is 664 g/mol. The number of carbonyl (C=O) groups excluding carboxylic acids is 2. The highest BCUT2D eigenvalue weighted by Crippen LogP contribution is 2.41. The Morgan fingerprint density at radius 2 is 1.46 bits per heavy atom. The van der Waals surface area contributed by atoms with Gasteiger partial charge in [0.25, 0.3) is 11.5 Å². The third-order valence-corrected chi connectivity index (χ3v) is 8.71. The molecule has 1 atom stereocenters. The van der Waals surface area contributed by atoms with Gasteiger partial charge in [-0.25, -0.2) is 4.79 Å². The van der Waals surface area contributed by atoms with E-state index in [2.05, 4.69) is 5.32 Å². The maximum atomic E-state index is 14.3. The van der Waals surface area contributed by atoms with Gasteiger partial charge in [0.1, 0.15) is 10.5 Å². The van der Waals surface area contributed by atoms with Gasteiger partial charge in [0.05, 0.1) is 57.1 Å². The van der Waals surface area contributed by atoms with E-state index < -0.39 is 23.4 Å². The van der Waals surface area contributed by atoms with Crippen LogP contribution in [0.4, 0.5) is 5.69 Å². The highest BCUT2D eigenvalue weighted by molar-refractivity contribution is 7.07. The van der Waals surface area contributed by atoms with Crippen molar-refractivity contribution < 1.29 is 33.3 Å². The summed E-state index contributed by atoms with van der Waals surface area (Å²) in [5, 5.41) is 3.36. The topological polar surface area (TPSA) is 140 Å². The second-order valence-electron chi connectivity index (χ2n) is 9.88. The van der Waals surface area contributed by atoms with E-state index in [1.165, 1.54) is 35.5 Å². The second-order valence-corrected chi connectivity index (χ2v) is 11.4. The molecule has 0 spiro atoms. The number of ether oxygens (including phenoxy) is 5. The molecule has 1 unspecified atom stereocenters. The molecule has 5 rings (SSSR count). The van der Waals surface area contributed by atoms with Crippen LogP contribution in [0.1, 0.15) is 17.0 Å². The molecule has 3 aromatic carbocycles. The first-order valence-corrected chi connectivity index (χ1v) is 14.9. The second kappa shape index (κ2) is 13.4. The minimum absolute atomic E-state index is 0.0887. The molecule has 238 valence electrons. The molecule has 0 fully saturated rings. The van der Waals surface area contributed by atoms with E-state index >= 15 is 0 Å². The smallest absolute Gasteiger partial charge is 0.338 e. The molecule has 11 nitrogen and oxygen atoms in total. The Kier molecular flexibility index (Phi) is 9.40. The number of hydrogen-bond donors (Lipinski definition) is 2. The lowest BCUT2D eigenvalue weighted by atomic mass is 9.82. The number of amides is 1. The van der Waals surface area contributed by atoms with Crippen molar-refractivity contribution in [1.82, 2.24) is 4.57 Å². The fourth-order valence-electron chi connectivity index (χ4n) is 5.17. The Morgan fingerprint density at radius 3 is 2.07 bits per heavy atom. The van der Waals surface area contributed by atoms with Crippen LogP contribution in [0.3, 0.4) is 0 Å². The van der Waals surface area contributed by atoms with Gasteiger partial charge in [-0.3, -0.25) is 14.2 Å². The zero-order valence-electron chi connectivity index (χ0n) is 25.5. The Bertz CT molecular complexity index is 2050. The molecule has 4 aromatic rings. The van der Waals surface area contributed by atoms with Crippen LogP contribution in [0.5, 0.6) is 23.0 Å². The first-order valence-electron chi connectivity index (χ1n) is 13.7. The number of halogens is 1. The Balaban J connectivity index is 1.84. The third kappa shape index (κ3) is 5.92. The molecule has 13 heteroatoms. The number of benzene rings is 3. The van der Waals surface area contributed by atoms with Gasteiger partial charge in [0.15, 0.2) is 23.0 Å². The summed E-state index contributed by atoms with van der Waals surface area (Å²) < 4.78 is 28.5. The maximum absolute atomic E-state index is 14.3. The van der Waals surface area contributed by atoms with Crippen molar-refractivity contribution in [3.05, 3.63) is 102 Å².